The van der Waals surface area contributed by atoms with Gasteiger partial charge in [-0.3, -0.25) is 4.90 Å². The molecule has 0 aliphatic carbocycles. The van der Waals surface area contributed by atoms with Gasteiger partial charge in [0.25, 0.3) is 0 Å². The van der Waals surface area contributed by atoms with Crippen molar-refractivity contribution in [3.8, 4) is 0 Å². The van der Waals surface area contributed by atoms with Crippen molar-refractivity contribution < 1.29 is 0 Å². The molecule has 0 bridgehead atoms. The smallest absolute Gasteiger partial charge is 0.0234 e. The van der Waals surface area contributed by atoms with Crippen LogP contribution in [0.2, 0.25) is 0 Å². The zero-order valence-electron chi connectivity index (χ0n) is 19.2. The summed E-state index contributed by atoms with van der Waals surface area (Å²) in [5, 5.41) is 0. The maximum atomic E-state index is 2.76. The lowest BCUT2D eigenvalue weighted by molar-refractivity contribution is 0.156. The summed E-state index contributed by atoms with van der Waals surface area (Å²) in [5.41, 5.74) is 4.45. The standard InChI is InChI=1S/C30H36N2/c1-4-10-25(11-5-1)20-26-16-18-31(19-17-26)22-29-23-32(21-27-12-6-2-7-13-27)24-30(29)28-14-8-3-9-15-28/h1-15,26,29-30H,16-24H2. The van der Waals surface area contributed by atoms with Gasteiger partial charge >= 0.3 is 0 Å². The average Bonchev–Trinajstić information content (AvgIpc) is 3.24. The predicted molar refractivity (Wildman–Crippen MR) is 134 cm³/mol. The molecule has 2 fully saturated rings. The summed E-state index contributed by atoms with van der Waals surface area (Å²) in [6.45, 7) is 7.21. The monoisotopic (exact) mass is 424 g/mol. The summed E-state index contributed by atoms with van der Waals surface area (Å²) >= 11 is 0. The molecule has 2 heteroatoms. The van der Waals surface area contributed by atoms with Crippen molar-refractivity contribution in [3.63, 3.8) is 0 Å². The summed E-state index contributed by atoms with van der Waals surface area (Å²) in [4.78, 5) is 5.44. The Balaban J connectivity index is 1.20. The zero-order valence-corrected chi connectivity index (χ0v) is 19.2. The Hall–Kier alpha value is -2.42. The van der Waals surface area contributed by atoms with Crippen LogP contribution in [-0.4, -0.2) is 42.5 Å². The van der Waals surface area contributed by atoms with Gasteiger partial charge in [-0.2, -0.15) is 0 Å². The zero-order chi connectivity index (χ0) is 21.6. The SMILES string of the molecule is c1ccc(CC2CCN(CC3CN(Cc4ccccc4)CC3c3ccccc3)CC2)cc1. The lowest BCUT2D eigenvalue weighted by Gasteiger charge is -2.35. The molecule has 0 amide bonds. The molecule has 2 unspecified atom stereocenters. The molecular formula is C30H36N2. The van der Waals surface area contributed by atoms with Gasteiger partial charge in [0.05, 0.1) is 0 Å². The first-order chi connectivity index (χ1) is 15.8. The van der Waals surface area contributed by atoms with Gasteiger partial charge in [-0.15, -0.1) is 0 Å². The normalized spacial score (nSPS) is 22.9. The summed E-state index contributed by atoms with van der Waals surface area (Å²) in [6, 6.07) is 33.3. The number of hydrogen-bond donors (Lipinski definition) is 0. The summed E-state index contributed by atoms with van der Waals surface area (Å²) in [6.07, 6.45) is 3.92. The van der Waals surface area contributed by atoms with E-state index < -0.39 is 0 Å². The molecule has 3 aromatic carbocycles. The van der Waals surface area contributed by atoms with Crippen molar-refractivity contribution in [1.29, 1.82) is 0 Å². The molecule has 5 rings (SSSR count). The molecule has 2 heterocycles. The van der Waals surface area contributed by atoms with Crippen LogP contribution in [0.3, 0.4) is 0 Å². The molecule has 0 radical (unpaired) electrons. The number of benzene rings is 3. The molecule has 3 aromatic rings. The number of nitrogens with zero attached hydrogens (tertiary/aromatic N) is 2. The van der Waals surface area contributed by atoms with Gasteiger partial charge in [0.15, 0.2) is 0 Å². The Morgan fingerprint density at radius 3 is 1.88 bits per heavy atom. The van der Waals surface area contributed by atoms with Gasteiger partial charge in [-0.1, -0.05) is 91.0 Å². The summed E-state index contributed by atoms with van der Waals surface area (Å²) in [5.74, 6) is 2.20. The van der Waals surface area contributed by atoms with E-state index in [1.54, 1.807) is 0 Å². The van der Waals surface area contributed by atoms with Crippen LogP contribution in [0.4, 0.5) is 0 Å². The first kappa shape index (κ1) is 21.4. The summed E-state index contributed by atoms with van der Waals surface area (Å²) < 4.78 is 0. The van der Waals surface area contributed by atoms with Crippen LogP contribution in [0, 0.1) is 11.8 Å². The number of likely N-dealkylation sites (tertiary alicyclic amines) is 2. The van der Waals surface area contributed by atoms with Crippen molar-refractivity contribution in [2.24, 2.45) is 11.8 Å². The number of rotatable bonds is 7. The molecule has 0 spiro atoms. The predicted octanol–water partition coefficient (Wildman–Crippen LogP) is 5.86. The van der Waals surface area contributed by atoms with E-state index in [4.69, 9.17) is 0 Å². The molecule has 166 valence electrons. The highest BCUT2D eigenvalue weighted by atomic mass is 15.2. The Labute approximate surface area is 193 Å². The second-order valence-corrected chi connectivity index (χ2v) is 9.89. The maximum Gasteiger partial charge on any atom is 0.0234 e. The first-order valence-corrected chi connectivity index (χ1v) is 12.4. The van der Waals surface area contributed by atoms with E-state index in [9.17, 15) is 0 Å². The van der Waals surface area contributed by atoms with Crippen molar-refractivity contribution in [3.05, 3.63) is 108 Å². The van der Waals surface area contributed by atoms with Gasteiger partial charge in [-0.25, -0.2) is 0 Å². The van der Waals surface area contributed by atoms with Crippen LogP contribution in [-0.2, 0) is 13.0 Å². The third-order valence-corrected chi connectivity index (χ3v) is 7.56. The largest absolute Gasteiger partial charge is 0.303 e. The van der Waals surface area contributed by atoms with Crippen LogP contribution in [0.5, 0.6) is 0 Å². The van der Waals surface area contributed by atoms with E-state index in [-0.39, 0.29) is 0 Å². The maximum absolute atomic E-state index is 2.76. The Morgan fingerprint density at radius 1 is 0.625 bits per heavy atom. The van der Waals surface area contributed by atoms with Crippen LogP contribution >= 0.6 is 0 Å². The highest BCUT2D eigenvalue weighted by molar-refractivity contribution is 5.23. The van der Waals surface area contributed by atoms with Crippen LogP contribution < -0.4 is 0 Å². The van der Waals surface area contributed by atoms with Gasteiger partial charge in [0.2, 0.25) is 0 Å². The Morgan fingerprint density at radius 2 is 1.22 bits per heavy atom. The van der Waals surface area contributed by atoms with Gasteiger partial charge in [0.1, 0.15) is 0 Å². The van der Waals surface area contributed by atoms with Crippen LogP contribution in [0.15, 0.2) is 91.0 Å². The van der Waals surface area contributed by atoms with Gasteiger partial charge in [0, 0.05) is 32.1 Å². The van der Waals surface area contributed by atoms with Crippen LogP contribution in [0.1, 0.15) is 35.4 Å². The van der Waals surface area contributed by atoms with Gasteiger partial charge in [-0.05, 0) is 60.9 Å². The quantitative estimate of drug-likeness (QED) is 0.469. The lowest BCUT2D eigenvalue weighted by Crippen LogP contribution is -2.39. The minimum absolute atomic E-state index is 0.641. The fourth-order valence-electron chi connectivity index (χ4n) is 5.85. The van der Waals surface area contributed by atoms with E-state index in [1.807, 2.05) is 0 Å². The van der Waals surface area contributed by atoms with Gasteiger partial charge < -0.3 is 4.90 Å². The molecule has 0 saturated carbocycles. The van der Waals surface area contributed by atoms with Crippen molar-refractivity contribution >= 4 is 0 Å². The number of hydrogen-bond acceptors (Lipinski definition) is 2. The minimum atomic E-state index is 0.641. The molecule has 2 saturated heterocycles. The highest BCUT2D eigenvalue weighted by Crippen LogP contribution is 2.35. The molecule has 2 aliphatic rings. The second-order valence-electron chi connectivity index (χ2n) is 9.89. The van der Waals surface area contributed by atoms with E-state index >= 15 is 0 Å². The lowest BCUT2D eigenvalue weighted by atomic mass is 9.86. The van der Waals surface area contributed by atoms with Crippen LogP contribution in [0.25, 0.3) is 0 Å². The van der Waals surface area contributed by atoms with E-state index in [1.165, 1.54) is 68.7 Å². The molecule has 2 atom stereocenters. The molecule has 0 N–H and O–H groups in total. The summed E-state index contributed by atoms with van der Waals surface area (Å²) in [7, 11) is 0. The Bertz CT molecular complexity index is 932. The second kappa shape index (κ2) is 10.5. The molecule has 0 aromatic heterocycles. The van der Waals surface area contributed by atoms with E-state index in [0.717, 1.165) is 12.5 Å². The highest BCUT2D eigenvalue weighted by Gasteiger charge is 2.35. The first-order valence-electron chi connectivity index (χ1n) is 12.4. The van der Waals surface area contributed by atoms with E-state index in [0.29, 0.717) is 11.8 Å². The molecular weight excluding hydrogens is 388 g/mol. The fraction of sp³-hybridized carbons (Fsp3) is 0.400. The van der Waals surface area contributed by atoms with Crippen molar-refractivity contribution in [2.45, 2.75) is 31.7 Å². The van der Waals surface area contributed by atoms with Crippen molar-refractivity contribution in [2.75, 3.05) is 32.7 Å². The molecule has 2 aliphatic heterocycles. The Kier molecular flexibility index (Phi) is 7.01. The third kappa shape index (κ3) is 5.49. The average molecular weight is 425 g/mol. The topological polar surface area (TPSA) is 6.48 Å². The molecule has 32 heavy (non-hydrogen) atoms. The third-order valence-electron chi connectivity index (χ3n) is 7.56. The number of piperidine rings is 1. The molecule has 2 nitrogen and oxygen atoms in total. The fourth-order valence-corrected chi connectivity index (χ4v) is 5.85. The minimum Gasteiger partial charge on any atom is -0.303 e. The van der Waals surface area contributed by atoms with E-state index in [2.05, 4.69) is 101 Å². The van der Waals surface area contributed by atoms with Crippen molar-refractivity contribution in [1.82, 2.24) is 9.80 Å².